The van der Waals surface area contributed by atoms with Crippen molar-refractivity contribution in [2.75, 3.05) is 18.4 Å². The second-order valence-electron chi connectivity index (χ2n) is 5.57. The van der Waals surface area contributed by atoms with Crippen LogP contribution >= 0.6 is 15.9 Å². The summed E-state index contributed by atoms with van der Waals surface area (Å²) in [7, 11) is 0. The zero-order chi connectivity index (χ0) is 15.4. The molecule has 1 aromatic rings. The van der Waals surface area contributed by atoms with Crippen LogP contribution in [0.15, 0.2) is 22.7 Å². The fraction of sp³-hybridized carbons (Fsp3) is 0.467. The normalized spacial score (nSPS) is 21.8. The molecule has 0 saturated carbocycles. The van der Waals surface area contributed by atoms with Gasteiger partial charge in [0, 0.05) is 10.9 Å². The number of quaternary nitrogens is 1. The van der Waals surface area contributed by atoms with Crippen LogP contribution in [-0.4, -0.2) is 30.9 Å². The predicted molar refractivity (Wildman–Crippen MR) is 85.0 cm³/mol. The van der Waals surface area contributed by atoms with Crippen LogP contribution in [0.4, 0.5) is 5.69 Å². The van der Waals surface area contributed by atoms with Gasteiger partial charge in [0.2, 0.25) is 0 Å². The Morgan fingerprint density at radius 3 is 2.86 bits per heavy atom. The van der Waals surface area contributed by atoms with Gasteiger partial charge in [-0.25, -0.2) is 0 Å². The van der Waals surface area contributed by atoms with Gasteiger partial charge in [-0.05, 0) is 53.4 Å². The minimum atomic E-state index is -0.311. The number of amides is 2. The maximum atomic E-state index is 12.2. The first-order chi connectivity index (χ1) is 9.97. The molecule has 2 amide bonds. The molecule has 0 radical (unpaired) electrons. The summed E-state index contributed by atoms with van der Waals surface area (Å²) in [6, 6.07) is 5.52. The Balaban J connectivity index is 1.98. The standard InChI is InChI=1S/C15H20BrN3O2/c1-10-5-6-12(11(16)8-10)18-14(20)9-19-7-3-2-4-13(19)15(17)21/h5-6,8,13H,2-4,7,9H2,1H3,(H2,17,21)(H,18,20)/p+1/t13-/m0/s1. The van der Waals surface area contributed by atoms with E-state index in [0.29, 0.717) is 0 Å². The lowest BCUT2D eigenvalue weighted by atomic mass is 10.0. The summed E-state index contributed by atoms with van der Waals surface area (Å²) >= 11 is 3.44. The van der Waals surface area contributed by atoms with Crippen molar-refractivity contribution in [1.29, 1.82) is 0 Å². The van der Waals surface area contributed by atoms with E-state index >= 15 is 0 Å². The van der Waals surface area contributed by atoms with Gasteiger partial charge in [-0.3, -0.25) is 9.59 Å². The first-order valence-electron chi connectivity index (χ1n) is 7.17. The predicted octanol–water partition coefficient (Wildman–Crippen LogP) is 0.619. The van der Waals surface area contributed by atoms with E-state index in [1.807, 2.05) is 25.1 Å². The Kier molecular flexibility index (Phi) is 5.36. The van der Waals surface area contributed by atoms with Crippen molar-refractivity contribution in [1.82, 2.24) is 0 Å². The number of halogens is 1. The van der Waals surface area contributed by atoms with Crippen molar-refractivity contribution < 1.29 is 14.5 Å². The number of hydrogen-bond donors (Lipinski definition) is 3. The fourth-order valence-corrected chi connectivity index (χ4v) is 3.35. The second kappa shape index (κ2) is 7.04. The summed E-state index contributed by atoms with van der Waals surface area (Å²) in [4.78, 5) is 24.6. The molecule has 1 heterocycles. The minimum Gasteiger partial charge on any atom is -0.365 e. The Morgan fingerprint density at radius 2 is 2.19 bits per heavy atom. The number of benzene rings is 1. The molecule has 114 valence electrons. The molecular formula is C15H21BrN3O2+. The van der Waals surface area contributed by atoms with Crippen LogP contribution in [0.25, 0.3) is 0 Å². The quantitative estimate of drug-likeness (QED) is 0.741. The number of rotatable bonds is 4. The van der Waals surface area contributed by atoms with Gasteiger partial charge in [0.15, 0.2) is 12.6 Å². The molecule has 1 aliphatic heterocycles. The molecule has 0 aromatic heterocycles. The molecule has 0 bridgehead atoms. The lowest BCUT2D eigenvalue weighted by molar-refractivity contribution is -0.913. The van der Waals surface area contributed by atoms with E-state index in [4.69, 9.17) is 5.73 Å². The molecule has 5 nitrogen and oxygen atoms in total. The van der Waals surface area contributed by atoms with Crippen LogP contribution in [0, 0.1) is 6.92 Å². The number of piperidine rings is 1. The number of hydrogen-bond acceptors (Lipinski definition) is 2. The summed E-state index contributed by atoms with van der Waals surface area (Å²) in [6.07, 6.45) is 2.80. The molecule has 2 rings (SSSR count). The third-order valence-corrected chi connectivity index (χ3v) is 4.52. The average molecular weight is 355 g/mol. The van der Waals surface area contributed by atoms with Gasteiger partial charge in [-0.1, -0.05) is 6.07 Å². The first kappa shape index (κ1) is 16.0. The van der Waals surface area contributed by atoms with E-state index in [2.05, 4.69) is 21.2 Å². The van der Waals surface area contributed by atoms with Crippen LogP contribution in [-0.2, 0) is 9.59 Å². The van der Waals surface area contributed by atoms with E-state index in [1.54, 1.807) is 0 Å². The van der Waals surface area contributed by atoms with Crippen molar-refractivity contribution >= 4 is 33.4 Å². The molecule has 0 aliphatic carbocycles. The number of nitrogens with one attached hydrogen (secondary N) is 2. The molecular weight excluding hydrogens is 334 g/mol. The van der Waals surface area contributed by atoms with Gasteiger partial charge >= 0.3 is 0 Å². The number of aryl methyl sites for hydroxylation is 1. The molecule has 1 fully saturated rings. The van der Waals surface area contributed by atoms with E-state index < -0.39 is 0 Å². The van der Waals surface area contributed by atoms with Gasteiger partial charge in [0.05, 0.1) is 12.2 Å². The first-order valence-corrected chi connectivity index (χ1v) is 7.96. The molecule has 1 aliphatic rings. The lowest BCUT2D eigenvalue weighted by Crippen LogP contribution is -3.18. The van der Waals surface area contributed by atoms with Crippen LogP contribution in [0.2, 0.25) is 0 Å². The molecule has 1 saturated heterocycles. The van der Waals surface area contributed by atoms with Crippen molar-refractivity contribution in [2.45, 2.75) is 32.2 Å². The summed E-state index contributed by atoms with van der Waals surface area (Å²) in [6.45, 7) is 3.08. The van der Waals surface area contributed by atoms with Crippen molar-refractivity contribution in [3.8, 4) is 0 Å². The number of likely N-dealkylation sites (tertiary alicyclic amines) is 1. The summed E-state index contributed by atoms with van der Waals surface area (Å²) in [5, 5.41) is 2.89. The van der Waals surface area contributed by atoms with Crippen LogP contribution in [0.5, 0.6) is 0 Å². The summed E-state index contributed by atoms with van der Waals surface area (Å²) in [5.74, 6) is -0.406. The number of carbonyl (C=O) groups excluding carboxylic acids is 2. The molecule has 0 spiro atoms. The molecule has 6 heteroatoms. The molecule has 1 aromatic carbocycles. The van der Waals surface area contributed by atoms with Crippen LogP contribution in [0.1, 0.15) is 24.8 Å². The van der Waals surface area contributed by atoms with E-state index in [0.717, 1.165) is 46.4 Å². The lowest BCUT2D eigenvalue weighted by Gasteiger charge is -2.29. The molecule has 1 unspecified atom stereocenters. The van der Waals surface area contributed by atoms with Crippen LogP contribution in [0.3, 0.4) is 0 Å². The van der Waals surface area contributed by atoms with E-state index in [9.17, 15) is 9.59 Å². The summed E-state index contributed by atoms with van der Waals surface area (Å²) in [5.41, 5.74) is 7.30. The van der Waals surface area contributed by atoms with Gasteiger partial charge in [0.1, 0.15) is 0 Å². The topological polar surface area (TPSA) is 76.6 Å². The van der Waals surface area contributed by atoms with Gasteiger partial charge in [-0.2, -0.15) is 0 Å². The van der Waals surface area contributed by atoms with Gasteiger partial charge < -0.3 is 16.0 Å². The van der Waals surface area contributed by atoms with Crippen molar-refractivity contribution in [3.63, 3.8) is 0 Å². The largest absolute Gasteiger partial charge is 0.365 e. The SMILES string of the molecule is Cc1ccc(NC(=O)C[NH+]2CCCC[C@H]2C(N)=O)c(Br)c1. The Morgan fingerprint density at radius 1 is 1.43 bits per heavy atom. The van der Waals surface area contributed by atoms with Crippen LogP contribution < -0.4 is 16.0 Å². The zero-order valence-corrected chi connectivity index (χ0v) is 13.7. The van der Waals surface area contributed by atoms with E-state index in [-0.39, 0.29) is 24.4 Å². The van der Waals surface area contributed by atoms with Crippen molar-refractivity contribution in [3.05, 3.63) is 28.2 Å². The number of carbonyl (C=O) groups is 2. The molecule has 4 N–H and O–H groups in total. The van der Waals surface area contributed by atoms with E-state index in [1.165, 1.54) is 0 Å². The maximum Gasteiger partial charge on any atom is 0.279 e. The van der Waals surface area contributed by atoms with Gasteiger partial charge in [-0.15, -0.1) is 0 Å². The molecule has 21 heavy (non-hydrogen) atoms. The third-order valence-electron chi connectivity index (χ3n) is 3.86. The summed E-state index contributed by atoms with van der Waals surface area (Å²) < 4.78 is 0.857. The monoisotopic (exact) mass is 354 g/mol. The third kappa shape index (κ3) is 4.28. The minimum absolute atomic E-state index is 0.0947. The second-order valence-corrected chi connectivity index (χ2v) is 6.42. The highest BCUT2D eigenvalue weighted by molar-refractivity contribution is 9.10. The number of primary amides is 1. The number of nitrogens with two attached hydrogens (primary N) is 1. The molecule has 2 atom stereocenters. The Labute approximate surface area is 133 Å². The smallest absolute Gasteiger partial charge is 0.279 e. The average Bonchev–Trinajstić information content (AvgIpc) is 2.42. The fourth-order valence-electron chi connectivity index (χ4n) is 2.76. The Bertz CT molecular complexity index is 548. The number of anilines is 1. The zero-order valence-electron chi connectivity index (χ0n) is 12.1. The maximum absolute atomic E-state index is 12.2. The van der Waals surface area contributed by atoms with Crippen molar-refractivity contribution in [2.24, 2.45) is 5.73 Å². The Hall–Kier alpha value is -1.40. The highest BCUT2D eigenvalue weighted by Crippen LogP contribution is 2.23. The highest BCUT2D eigenvalue weighted by Gasteiger charge is 2.32. The van der Waals surface area contributed by atoms with Gasteiger partial charge in [0.25, 0.3) is 11.8 Å². The highest BCUT2D eigenvalue weighted by atomic mass is 79.9.